The molecular weight excluding hydrogens is 167 g/mol. The molecule has 0 aliphatic carbocycles. The van der Waals surface area contributed by atoms with E-state index in [0.717, 1.165) is 12.0 Å². The lowest BCUT2D eigenvalue weighted by molar-refractivity contribution is 0.627. The first kappa shape index (κ1) is 9.71. The van der Waals surface area contributed by atoms with Crippen LogP contribution >= 0.6 is 0 Å². The summed E-state index contributed by atoms with van der Waals surface area (Å²) in [7, 11) is 0. The van der Waals surface area contributed by atoms with Crippen molar-refractivity contribution in [3.63, 3.8) is 0 Å². The van der Waals surface area contributed by atoms with Gasteiger partial charge in [0, 0.05) is 6.54 Å². The van der Waals surface area contributed by atoms with Crippen LogP contribution in [-0.2, 0) is 6.42 Å². The third-order valence-corrected chi connectivity index (χ3v) is 1.67. The second-order valence-corrected chi connectivity index (χ2v) is 2.90. The van der Waals surface area contributed by atoms with Crippen molar-refractivity contribution in [3.8, 4) is 0 Å². The van der Waals surface area contributed by atoms with E-state index in [2.05, 4.69) is 4.99 Å². The monoisotopic (exact) mass is 180 g/mol. The van der Waals surface area contributed by atoms with Gasteiger partial charge in [-0.15, -0.1) is 0 Å². The summed E-state index contributed by atoms with van der Waals surface area (Å²) in [4.78, 5) is 4.04. The van der Waals surface area contributed by atoms with Crippen molar-refractivity contribution in [2.75, 3.05) is 6.54 Å². The Labute approximate surface area is 77.3 Å². The Bertz CT molecular complexity index is 286. The van der Waals surface area contributed by atoms with Gasteiger partial charge in [0.05, 0.1) is 5.84 Å². The number of hydrogen-bond donors (Lipinski definition) is 1. The predicted molar refractivity (Wildman–Crippen MR) is 52.3 cm³/mol. The Balaban J connectivity index is 2.46. The number of benzene rings is 1. The molecule has 0 aliphatic rings. The van der Waals surface area contributed by atoms with Gasteiger partial charge < -0.3 is 5.73 Å². The van der Waals surface area contributed by atoms with E-state index in [1.54, 1.807) is 19.1 Å². The average molecular weight is 180 g/mol. The number of rotatable bonds is 3. The van der Waals surface area contributed by atoms with Crippen LogP contribution in [0.2, 0.25) is 0 Å². The molecule has 0 amide bonds. The highest BCUT2D eigenvalue weighted by atomic mass is 19.1. The minimum absolute atomic E-state index is 0.206. The van der Waals surface area contributed by atoms with Gasteiger partial charge in [0.2, 0.25) is 0 Å². The number of aliphatic imine (C=N–C) groups is 1. The molecule has 0 heterocycles. The Morgan fingerprint density at radius 3 is 2.54 bits per heavy atom. The van der Waals surface area contributed by atoms with Crippen molar-refractivity contribution in [2.45, 2.75) is 13.3 Å². The van der Waals surface area contributed by atoms with Gasteiger partial charge in [-0.25, -0.2) is 4.39 Å². The van der Waals surface area contributed by atoms with Crippen LogP contribution in [0.1, 0.15) is 12.5 Å². The minimum atomic E-state index is -0.206. The van der Waals surface area contributed by atoms with E-state index >= 15 is 0 Å². The molecule has 0 saturated heterocycles. The summed E-state index contributed by atoms with van der Waals surface area (Å²) < 4.78 is 12.5. The molecule has 0 unspecified atom stereocenters. The zero-order valence-corrected chi connectivity index (χ0v) is 7.63. The Hall–Kier alpha value is -1.38. The Morgan fingerprint density at radius 1 is 1.38 bits per heavy atom. The van der Waals surface area contributed by atoms with Crippen molar-refractivity contribution in [3.05, 3.63) is 35.6 Å². The van der Waals surface area contributed by atoms with Crippen LogP contribution in [0, 0.1) is 5.82 Å². The number of hydrogen-bond acceptors (Lipinski definition) is 1. The molecule has 1 aromatic carbocycles. The molecule has 0 bridgehead atoms. The summed E-state index contributed by atoms with van der Waals surface area (Å²) in [5.41, 5.74) is 6.45. The lowest BCUT2D eigenvalue weighted by atomic mass is 10.1. The SMILES string of the molecule is CC(N)=NCCc1ccc(F)cc1. The summed E-state index contributed by atoms with van der Waals surface area (Å²) in [5.74, 6) is 0.379. The van der Waals surface area contributed by atoms with Gasteiger partial charge in [0.15, 0.2) is 0 Å². The van der Waals surface area contributed by atoms with Gasteiger partial charge in [-0.3, -0.25) is 4.99 Å². The van der Waals surface area contributed by atoms with Crippen molar-refractivity contribution in [2.24, 2.45) is 10.7 Å². The lowest BCUT2D eigenvalue weighted by Gasteiger charge is -1.97. The fraction of sp³-hybridized carbons (Fsp3) is 0.300. The second-order valence-electron chi connectivity index (χ2n) is 2.90. The third kappa shape index (κ3) is 3.69. The van der Waals surface area contributed by atoms with Crippen molar-refractivity contribution >= 4 is 5.84 Å². The van der Waals surface area contributed by atoms with Crippen molar-refractivity contribution in [1.82, 2.24) is 0 Å². The van der Waals surface area contributed by atoms with E-state index in [4.69, 9.17) is 5.73 Å². The molecule has 13 heavy (non-hydrogen) atoms. The molecule has 1 aromatic rings. The maximum Gasteiger partial charge on any atom is 0.123 e. The van der Waals surface area contributed by atoms with Crippen molar-refractivity contribution in [1.29, 1.82) is 0 Å². The van der Waals surface area contributed by atoms with Crippen LogP contribution in [0.15, 0.2) is 29.3 Å². The molecule has 2 N–H and O–H groups in total. The molecule has 0 aromatic heterocycles. The number of nitrogens with two attached hydrogens (primary N) is 1. The van der Waals surface area contributed by atoms with Gasteiger partial charge in [-0.1, -0.05) is 12.1 Å². The zero-order chi connectivity index (χ0) is 9.68. The smallest absolute Gasteiger partial charge is 0.123 e. The van der Waals surface area contributed by atoms with Crippen LogP contribution in [-0.4, -0.2) is 12.4 Å². The van der Waals surface area contributed by atoms with Crippen LogP contribution < -0.4 is 5.73 Å². The Kier molecular flexibility index (Phi) is 3.43. The van der Waals surface area contributed by atoms with Gasteiger partial charge in [0.25, 0.3) is 0 Å². The van der Waals surface area contributed by atoms with Crippen LogP contribution in [0.3, 0.4) is 0 Å². The van der Waals surface area contributed by atoms with Gasteiger partial charge in [0.1, 0.15) is 5.82 Å². The number of nitrogens with zero attached hydrogens (tertiary/aromatic N) is 1. The Morgan fingerprint density at radius 2 is 2.00 bits per heavy atom. The molecule has 3 heteroatoms. The quantitative estimate of drug-likeness (QED) is 0.558. The first-order valence-electron chi connectivity index (χ1n) is 4.19. The van der Waals surface area contributed by atoms with E-state index in [9.17, 15) is 4.39 Å². The zero-order valence-electron chi connectivity index (χ0n) is 7.63. The van der Waals surface area contributed by atoms with E-state index in [0.29, 0.717) is 12.4 Å². The van der Waals surface area contributed by atoms with Crippen LogP contribution in [0.5, 0.6) is 0 Å². The summed E-state index contributed by atoms with van der Waals surface area (Å²) >= 11 is 0. The lowest BCUT2D eigenvalue weighted by Crippen LogP contribution is -2.06. The highest BCUT2D eigenvalue weighted by Crippen LogP contribution is 2.03. The molecule has 0 saturated carbocycles. The molecule has 70 valence electrons. The largest absolute Gasteiger partial charge is 0.388 e. The molecule has 0 fully saturated rings. The maximum atomic E-state index is 12.5. The van der Waals surface area contributed by atoms with Crippen LogP contribution in [0.25, 0.3) is 0 Å². The topological polar surface area (TPSA) is 38.4 Å². The summed E-state index contributed by atoms with van der Waals surface area (Å²) in [5, 5.41) is 0. The normalized spacial score (nSPS) is 11.7. The molecule has 0 spiro atoms. The van der Waals surface area contributed by atoms with E-state index in [1.165, 1.54) is 12.1 Å². The van der Waals surface area contributed by atoms with Gasteiger partial charge >= 0.3 is 0 Å². The summed E-state index contributed by atoms with van der Waals surface area (Å²) in [6.07, 6.45) is 0.800. The highest BCUT2D eigenvalue weighted by Gasteiger charge is 1.92. The van der Waals surface area contributed by atoms with Gasteiger partial charge in [-0.2, -0.15) is 0 Å². The third-order valence-electron chi connectivity index (χ3n) is 1.67. The van der Waals surface area contributed by atoms with Crippen LogP contribution in [0.4, 0.5) is 4.39 Å². The molecule has 1 rings (SSSR count). The fourth-order valence-corrected chi connectivity index (χ4v) is 1.01. The van der Waals surface area contributed by atoms with Gasteiger partial charge in [-0.05, 0) is 31.0 Å². The number of amidine groups is 1. The average Bonchev–Trinajstić information content (AvgIpc) is 2.08. The summed E-state index contributed by atoms with van der Waals surface area (Å²) in [6, 6.07) is 6.43. The first-order chi connectivity index (χ1) is 6.18. The molecule has 0 radical (unpaired) electrons. The predicted octanol–water partition coefficient (Wildman–Crippen LogP) is 1.75. The fourth-order valence-electron chi connectivity index (χ4n) is 1.01. The standard InChI is InChI=1S/C10H13FN2/c1-8(12)13-7-6-9-2-4-10(11)5-3-9/h2-5H,6-7H2,1H3,(H2,12,13). The minimum Gasteiger partial charge on any atom is -0.388 e. The van der Waals surface area contributed by atoms with E-state index < -0.39 is 0 Å². The second kappa shape index (κ2) is 4.60. The van der Waals surface area contributed by atoms with Crippen molar-refractivity contribution < 1.29 is 4.39 Å². The molecular formula is C10H13FN2. The highest BCUT2D eigenvalue weighted by molar-refractivity contribution is 5.77. The number of halogens is 1. The first-order valence-corrected chi connectivity index (χ1v) is 4.19. The summed E-state index contributed by atoms with van der Waals surface area (Å²) in [6.45, 7) is 2.42. The molecule has 2 nitrogen and oxygen atoms in total. The molecule has 0 atom stereocenters. The van der Waals surface area contributed by atoms with E-state index in [-0.39, 0.29) is 5.82 Å². The van der Waals surface area contributed by atoms with E-state index in [1.807, 2.05) is 0 Å². The maximum absolute atomic E-state index is 12.5. The molecule has 0 aliphatic heterocycles.